The van der Waals surface area contributed by atoms with Gasteiger partial charge in [0.2, 0.25) is 5.91 Å². The Morgan fingerprint density at radius 3 is 2.35 bits per heavy atom. The lowest BCUT2D eigenvalue weighted by atomic mass is 9.66. The largest absolute Gasteiger partial charge is 0.392 e. The van der Waals surface area contributed by atoms with Crippen LogP contribution in [0.4, 0.5) is 18.9 Å². The number of amides is 2. The third-order valence-corrected chi connectivity index (χ3v) is 10.1. The quantitative estimate of drug-likeness (QED) is 0.317. The van der Waals surface area contributed by atoms with Crippen LogP contribution in [-0.4, -0.2) is 53.9 Å². The first kappa shape index (κ1) is 31.9. The van der Waals surface area contributed by atoms with Gasteiger partial charge in [-0.05, 0) is 49.8 Å². The van der Waals surface area contributed by atoms with E-state index in [1.54, 1.807) is 13.8 Å². The third-order valence-electron chi connectivity index (χ3n) is 7.44. The first-order chi connectivity index (χ1) is 18.6. The number of hydrogen-bond donors (Lipinski definition) is 4. The molecule has 13 heteroatoms. The van der Waals surface area contributed by atoms with E-state index in [1.165, 1.54) is 19.1 Å². The summed E-state index contributed by atoms with van der Waals surface area (Å²) in [6, 6.07) is 4.67. The predicted molar refractivity (Wildman–Crippen MR) is 143 cm³/mol. The number of hydrogen-bond acceptors (Lipinski definition) is 6. The molecule has 3 rings (SSSR count). The van der Waals surface area contributed by atoms with Crippen LogP contribution >= 0.6 is 11.6 Å². The molecular formula is C27H32ClF3N2O6S. The first-order valence-electron chi connectivity index (χ1n) is 12.8. The van der Waals surface area contributed by atoms with Crippen molar-refractivity contribution in [2.24, 2.45) is 11.8 Å². The van der Waals surface area contributed by atoms with E-state index in [0.717, 1.165) is 6.07 Å². The van der Waals surface area contributed by atoms with Crippen molar-refractivity contribution in [2.75, 3.05) is 11.9 Å². The zero-order valence-corrected chi connectivity index (χ0v) is 23.8. The van der Waals surface area contributed by atoms with Gasteiger partial charge in [-0.15, -0.1) is 0 Å². The average molecular weight is 605 g/mol. The number of anilines is 1. The molecule has 8 nitrogen and oxygen atoms in total. The molecule has 1 aliphatic rings. The fraction of sp³-hybridized carbons (Fsp3) is 0.481. The molecule has 0 saturated heterocycles. The van der Waals surface area contributed by atoms with Gasteiger partial charge in [0.25, 0.3) is 5.91 Å². The number of halogens is 4. The Morgan fingerprint density at radius 2 is 1.77 bits per heavy atom. The van der Waals surface area contributed by atoms with Crippen molar-refractivity contribution in [1.82, 2.24) is 5.32 Å². The van der Waals surface area contributed by atoms with Crippen LogP contribution in [0.5, 0.6) is 0 Å². The maximum atomic E-state index is 13.7. The lowest BCUT2D eigenvalue weighted by molar-refractivity contribution is -0.138. The highest BCUT2D eigenvalue weighted by Gasteiger charge is 2.50. The molecule has 1 aliphatic carbocycles. The fourth-order valence-electron chi connectivity index (χ4n) is 5.16. The number of nitrogens with one attached hydrogen (secondary N) is 2. The summed E-state index contributed by atoms with van der Waals surface area (Å²) in [5.41, 5.74) is -2.02. The van der Waals surface area contributed by atoms with Crippen molar-refractivity contribution < 1.29 is 41.4 Å². The molecule has 0 aromatic heterocycles. The van der Waals surface area contributed by atoms with E-state index in [4.69, 9.17) is 11.6 Å². The minimum Gasteiger partial charge on any atom is -0.392 e. The van der Waals surface area contributed by atoms with Gasteiger partial charge < -0.3 is 20.8 Å². The summed E-state index contributed by atoms with van der Waals surface area (Å²) in [6.45, 7) is 4.97. The van der Waals surface area contributed by atoms with E-state index in [-0.39, 0.29) is 47.0 Å². The number of aliphatic hydroxyl groups is 2. The van der Waals surface area contributed by atoms with Crippen LogP contribution in [0.15, 0.2) is 35.2 Å². The van der Waals surface area contributed by atoms with Crippen molar-refractivity contribution in [3.63, 3.8) is 0 Å². The minimum absolute atomic E-state index is 0.0138. The molecule has 0 heterocycles. The number of sulfone groups is 1. The summed E-state index contributed by atoms with van der Waals surface area (Å²) in [7, 11) is -4.14. The lowest BCUT2D eigenvalue weighted by Crippen LogP contribution is -2.54. The van der Waals surface area contributed by atoms with Gasteiger partial charge in [0.1, 0.15) is 0 Å². The van der Waals surface area contributed by atoms with Crippen molar-refractivity contribution in [2.45, 2.75) is 68.3 Å². The van der Waals surface area contributed by atoms with Crippen LogP contribution in [-0.2, 0) is 14.6 Å². The van der Waals surface area contributed by atoms with E-state index in [1.807, 2.05) is 0 Å². The van der Waals surface area contributed by atoms with Crippen molar-refractivity contribution in [3.05, 3.63) is 58.4 Å². The highest BCUT2D eigenvalue weighted by atomic mass is 35.5. The summed E-state index contributed by atoms with van der Waals surface area (Å²) in [5.74, 6) is -7.23. The molecule has 5 atom stereocenters. The molecule has 1 unspecified atom stereocenters. The number of aliphatic hydroxyl groups excluding tert-OH is 1. The molecule has 2 amide bonds. The second kappa shape index (κ2) is 12.5. The monoisotopic (exact) mass is 604 g/mol. The maximum Gasteiger partial charge on any atom is 0.255 e. The predicted octanol–water partition coefficient (Wildman–Crippen LogP) is 4.23. The van der Waals surface area contributed by atoms with Gasteiger partial charge in [0.05, 0.1) is 33.3 Å². The van der Waals surface area contributed by atoms with E-state index in [2.05, 4.69) is 10.6 Å². The summed E-state index contributed by atoms with van der Waals surface area (Å²) < 4.78 is 67.8. The van der Waals surface area contributed by atoms with Gasteiger partial charge in [0.15, 0.2) is 27.3 Å². The van der Waals surface area contributed by atoms with Crippen LogP contribution in [0.1, 0.15) is 56.8 Å². The van der Waals surface area contributed by atoms with Crippen molar-refractivity contribution in [1.29, 1.82) is 0 Å². The Hall–Kier alpha value is -2.67. The Morgan fingerprint density at radius 1 is 1.15 bits per heavy atom. The second-order valence-corrected chi connectivity index (χ2v) is 12.9. The van der Waals surface area contributed by atoms with E-state index in [9.17, 15) is 41.4 Å². The Bertz CT molecular complexity index is 1370. The van der Waals surface area contributed by atoms with Gasteiger partial charge in [-0.3, -0.25) is 9.59 Å². The van der Waals surface area contributed by atoms with Crippen LogP contribution in [0.25, 0.3) is 0 Å². The summed E-state index contributed by atoms with van der Waals surface area (Å²) in [5, 5.41) is 24.5. The Balaban J connectivity index is 1.85. The molecule has 2 aromatic rings. The Labute approximate surface area is 235 Å². The second-order valence-electron chi connectivity index (χ2n) is 10.3. The zero-order valence-electron chi connectivity index (χ0n) is 22.2. The lowest BCUT2D eigenvalue weighted by Gasteiger charge is -2.47. The standard InChI is InChI=1S/C27H32ClF3N2O6S/c1-4-17-9-19(7-14(2)27(17,37)12-24(35)32-13-15(3)34)40(38,39)23-8-16(5-6-20(23)28)26(36)33-18-10-21(29)25(31)22(30)11-18/h5-6,8,10-11,14-15,17,19,34,37H,4,7,9,12-13H2,1-3H3,(H,32,35)(H,33,36)/t14-,15+,17?,19-,27-/m0/s1. The molecule has 0 radical (unpaired) electrons. The maximum absolute atomic E-state index is 13.7. The van der Waals surface area contributed by atoms with Crippen molar-refractivity contribution >= 4 is 38.9 Å². The van der Waals surface area contributed by atoms with Gasteiger partial charge in [-0.25, -0.2) is 21.6 Å². The Kier molecular flexibility index (Phi) is 9.92. The molecule has 1 fully saturated rings. The van der Waals surface area contributed by atoms with E-state index >= 15 is 0 Å². The minimum atomic E-state index is -4.14. The van der Waals surface area contributed by atoms with Gasteiger partial charge >= 0.3 is 0 Å². The highest BCUT2D eigenvalue weighted by molar-refractivity contribution is 7.92. The number of rotatable bonds is 9. The summed E-state index contributed by atoms with van der Waals surface area (Å²) in [4.78, 5) is 24.9. The molecule has 220 valence electrons. The molecule has 0 spiro atoms. The molecule has 4 N–H and O–H groups in total. The van der Waals surface area contributed by atoms with Crippen molar-refractivity contribution in [3.8, 4) is 0 Å². The summed E-state index contributed by atoms with van der Waals surface area (Å²) in [6.07, 6.45) is -0.589. The van der Waals surface area contributed by atoms with E-state index in [0.29, 0.717) is 18.6 Å². The molecule has 0 bridgehead atoms. The van der Waals surface area contributed by atoms with Crippen LogP contribution in [0.2, 0.25) is 5.02 Å². The number of carbonyl (C=O) groups excluding carboxylic acids is 2. The van der Waals surface area contributed by atoms with E-state index < -0.39 is 67.9 Å². The van der Waals surface area contributed by atoms with Gasteiger partial charge in [-0.2, -0.15) is 0 Å². The van der Waals surface area contributed by atoms with Gasteiger partial charge in [0, 0.05) is 29.9 Å². The smallest absolute Gasteiger partial charge is 0.255 e. The summed E-state index contributed by atoms with van der Waals surface area (Å²) >= 11 is 6.24. The molecule has 40 heavy (non-hydrogen) atoms. The van der Waals surface area contributed by atoms with Crippen LogP contribution in [0, 0.1) is 29.3 Å². The van der Waals surface area contributed by atoms with Crippen LogP contribution in [0.3, 0.4) is 0 Å². The fourth-order valence-corrected chi connectivity index (χ4v) is 7.62. The van der Waals surface area contributed by atoms with Gasteiger partial charge in [-0.1, -0.05) is 31.9 Å². The van der Waals surface area contributed by atoms with Crippen LogP contribution < -0.4 is 10.6 Å². The normalized spacial score (nSPS) is 23.9. The third kappa shape index (κ3) is 6.79. The zero-order chi connectivity index (χ0) is 30.0. The molecular weight excluding hydrogens is 573 g/mol. The highest BCUT2D eigenvalue weighted by Crippen LogP contribution is 2.46. The molecule has 0 aliphatic heterocycles. The number of benzene rings is 2. The SMILES string of the molecule is CCC1C[C@@H](S(=O)(=O)c2cc(C(=O)Nc3cc(F)c(F)c(F)c3)ccc2Cl)C[C@H](C)[C@@]1(O)CC(=O)NC[C@@H](C)O. The first-order valence-corrected chi connectivity index (χ1v) is 14.7. The average Bonchev–Trinajstić information content (AvgIpc) is 2.87. The molecule has 1 saturated carbocycles. The topological polar surface area (TPSA) is 133 Å². The number of carbonyl (C=O) groups is 2. The molecule has 2 aromatic carbocycles.